The van der Waals surface area contributed by atoms with Crippen molar-refractivity contribution in [1.29, 1.82) is 0 Å². The van der Waals surface area contributed by atoms with Gasteiger partial charge < -0.3 is 14.2 Å². The van der Waals surface area contributed by atoms with Crippen LogP contribution in [0.4, 0.5) is 4.39 Å². The second-order valence-electron chi connectivity index (χ2n) is 7.85. The second kappa shape index (κ2) is 5.85. The monoisotopic (exact) mass is 333 g/mol. The number of carbonyl (C=O) groups excluding carboxylic acids is 1. The molecule has 0 aromatic heterocycles. The Balaban J connectivity index is 1.89. The highest BCUT2D eigenvalue weighted by atomic mass is 19.1. The summed E-state index contributed by atoms with van der Waals surface area (Å²) in [6.45, 7) is 10.5. The maximum absolute atomic E-state index is 14.1. The van der Waals surface area contributed by atoms with Gasteiger partial charge in [-0.3, -0.25) is 4.79 Å². The van der Waals surface area contributed by atoms with E-state index in [2.05, 4.69) is 0 Å². The fourth-order valence-electron chi connectivity index (χ4n) is 3.25. The lowest BCUT2D eigenvalue weighted by atomic mass is 9.78. The first-order valence-corrected chi connectivity index (χ1v) is 8.58. The van der Waals surface area contributed by atoms with Crippen molar-refractivity contribution in [3.05, 3.63) is 29.6 Å². The molecule has 2 aliphatic heterocycles. The quantitative estimate of drug-likeness (QED) is 0.781. The van der Waals surface area contributed by atoms with Gasteiger partial charge in [-0.25, -0.2) is 4.39 Å². The lowest BCUT2D eigenvalue weighted by molar-refractivity contribution is 0.00578. The molecule has 1 aromatic rings. The number of carbonyl (C=O) groups is 1. The van der Waals surface area contributed by atoms with Crippen LogP contribution in [-0.4, -0.2) is 41.7 Å². The third-order valence-electron chi connectivity index (χ3n) is 5.51. The fourth-order valence-corrected chi connectivity index (χ4v) is 3.25. The fraction of sp³-hybridized carbons (Fsp3) is 0.611. The lowest BCUT2D eigenvalue weighted by Crippen LogP contribution is -2.41. The number of rotatable bonds is 2. The van der Waals surface area contributed by atoms with Crippen LogP contribution in [0.25, 0.3) is 0 Å². The van der Waals surface area contributed by atoms with Gasteiger partial charge in [0.25, 0.3) is 5.91 Å². The average molecular weight is 333 g/mol. The van der Waals surface area contributed by atoms with Crippen LogP contribution < -0.4 is 5.46 Å². The van der Waals surface area contributed by atoms with Crippen molar-refractivity contribution in [2.45, 2.75) is 64.7 Å². The summed E-state index contributed by atoms with van der Waals surface area (Å²) in [4.78, 5) is 14.5. The van der Waals surface area contributed by atoms with Gasteiger partial charge in [-0.2, -0.15) is 0 Å². The largest absolute Gasteiger partial charge is 0.494 e. The first kappa shape index (κ1) is 17.4. The van der Waals surface area contributed by atoms with E-state index in [-0.39, 0.29) is 11.9 Å². The molecule has 2 aliphatic rings. The van der Waals surface area contributed by atoms with Gasteiger partial charge in [-0.15, -0.1) is 0 Å². The van der Waals surface area contributed by atoms with Crippen LogP contribution in [0.1, 0.15) is 57.8 Å². The smallest absolute Gasteiger partial charge is 0.399 e. The summed E-state index contributed by atoms with van der Waals surface area (Å²) >= 11 is 0. The van der Waals surface area contributed by atoms with Gasteiger partial charge in [0.05, 0.1) is 11.2 Å². The molecule has 0 radical (unpaired) electrons. The van der Waals surface area contributed by atoms with E-state index >= 15 is 0 Å². The van der Waals surface area contributed by atoms with Crippen LogP contribution in [0.2, 0.25) is 0 Å². The Morgan fingerprint density at radius 2 is 1.83 bits per heavy atom. The first-order valence-electron chi connectivity index (χ1n) is 8.58. The Morgan fingerprint density at radius 1 is 1.21 bits per heavy atom. The molecule has 2 fully saturated rings. The molecule has 6 heteroatoms. The van der Waals surface area contributed by atoms with E-state index in [1.54, 1.807) is 6.07 Å². The summed E-state index contributed by atoms with van der Waals surface area (Å²) < 4.78 is 26.1. The van der Waals surface area contributed by atoms with E-state index < -0.39 is 24.1 Å². The molecular weight excluding hydrogens is 308 g/mol. The van der Waals surface area contributed by atoms with Crippen LogP contribution in [-0.2, 0) is 9.31 Å². The van der Waals surface area contributed by atoms with E-state index in [1.807, 2.05) is 39.5 Å². The van der Waals surface area contributed by atoms with Crippen molar-refractivity contribution in [2.75, 3.05) is 6.54 Å². The van der Waals surface area contributed by atoms with Crippen LogP contribution in [0.5, 0.6) is 0 Å². The van der Waals surface area contributed by atoms with E-state index in [4.69, 9.17) is 9.31 Å². The minimum atomic E-state index is -0.673. The van der Waals surface area contributed by atoms with Crippen LogP contribution in [0.15, 0.2) is 18.2 Å². The van der Waals surface area contributed by atoms with Gasteiger partial charge in [-0.1, -0.05) is 0 Å². The van der Waals surface area contributed by atoms with Crippen molar-refractivity contribution in [1.82, 2.24) is 4.90 Å². The van der Waals surface area contributed by atoms with Crippen molar-refractivity contribution >= 4 is 18.5 Å². The number of halogens is 1. The predicted molar refractivity (Wildman–Crippen MR) is 91.8 cm³/mol. The van der Waals surface area contributed by atoms with Crippen molar-refractivity contribution in [3.63, 3.8) is 0 Å². The molecule has 2 saturated heterocycles. The maximum Gasteiger partial charge on any atom is 0.494 e. The van der Waals surface area contributed by atoms with Crippen LogP contribution in [0, 0.1) is 5.82 Å². The normalized spacial score (nSPS) is 25.3. The first-order chi connectivity index (χ1) is 11.1. The van der Waals surface area contributed by atoms with Gasteiger partial charge in [0.2, 0.25) is 0 Å². The summed E-state index contributed by atoms with van der Waals surface area (Å²) in [5, 5.41) is 0. The molecular formula is C18H25BFNO3. The number of amides is 1. The zero-order chi connectivity index (χ0) is 17.7. The van der Waals surface area contributed by atoms with E-state index in [1.165, 1.54) is 12.1 Å². The Hall–Kier alpha value is -1.40. The molecule has 2 heterocycles. The van der Waals surface area contributed by atoms with Crippen molar-refractivity contribution < 1.29 is 18.5 Å². The molecule has 0 spiro atoms. The zero-order valence-electron chi connectivity index (χ0n) is 15.1. The Morgan fingerprint density at radius 3 is 2.38 bits per heavy atom. The van der Waals surface area contributed by atoms with Gasteiger partial charge in [0, 0.05) is 18.2 Å². The van der Waals surface area contributed by atoms with Crippen LogP contribution in [0.3, 0.4) is 0 Å². The lowest BCUT2D eigenvalue weighted by Gasteiger charge is -2.32. The molecule has 0 saturated carbocycles. The maximum atomic E-state index is 14.1. The topological polar surface area (TPSA) is 38.8 Å². The highest BCUT2D eigenvalue weighted by molar-refractivity contribution is 6.62. The summed E-state index contributed by atoms with van der Waals surface area (Å²) in [6.07, 6.45) is 1.98. The number of nitrogens with zero attached hydrogens (tertiary/aromatic N) is 1. The predicted octanol–water partition coefficient (Wildman–Crippen LogP) is 2.75. The molecule has 4 nitrogen and oxygen atoms in total. The van der Waals surface area contributed by atoms with Gasteiger partial charge in [0.1, 0.15) is 5.82 Å². The number of hydrogen-bond donors (Lipinski definition) is 0. The molecule has 3 rings (SSSR count). The SMILES string of the molecule is C[C@H]1CCCN1C(=O)c1cc(F)cc(B2OC(C)(C)C(C)(C)O2)c1. The highest BCUT2D eigenvalue weighted by Crippen LogP contribution is 2.36. The molecule has 1 atom stereocenters. The molecule has 1 amide bonds. The molecule has 0 N–H and O–H groups in total. The van der Waals surface area contributed by atoms with Gasteiger partial charge in [-0.05, 0) is 71.1 Å². The zero-order valence-corrected chi connectivity index (χ0v) is 15.1. The third kappa shape index (κ3) is 2.97. The van der Waals surface area contributed by atoms with Gasteiger partial charge in [0.15, 0.2) is 0 Å². The number of hydrogen-bond acceptors (Lipinski definition) is 3. The Labute approximate surface area is 143 Å². The Bertz CT molecular complexity index is 646. The minimum Gasteiger partial charge on any atom is -0.399 e. The standard InChI is InChI=1S/C18H25BFNO3/c1-12-7-6-8-21(12)16(22)13-9-14(11-15(20)10-13)19-23-17(2,3)18(4,5)24-19/h9-12H,6-8H2,1-5H3/t12-/m0/s1. The molecule has 0 bridgehead atoms. The Kier molecular flexibility index (Phi) is 4.25. The summed E-state index contributed by atoms with van der Waals surface area (Å²) in [5.74, 6) is -0.574. The second-order valence-corrected chi connectivity index (χ2v) is 7.85. The van der Waals surface area contributed by atoms with Gasteiger partial charge >= 0.3 is 7.12 Å². The van der Waals surface area contributed by atoms with E-state index in [0.29, 0.717) is 11.0 Å². The molecule has 24 heavy (non-hydrogen) atoms. The molecule has 0 aliphatic carbocycles. The summed E-state index contributed by atoms with van der Waals surface area (Å²) in [5.41, 5.74) is -0.104. The number of likely N-dealkylation sites (tertiary alicyclic amines) is 1. The van der Waals surface area contributed by atoms with Crippen molar-refractivity contribution in [3.8, 4) is 0 Å². The van der Waals surface area contributed by atoms with Crippen molar-refractivity contribution in [2.24, 2.45) is 0 Å². The molecule has 130 valence electrons. The van der Waals surface area contributed by atoms with E-state index in [0.717, 1.165) is 19.4 Å². The average Bonchev–Trinajstić information content (AvgIpc) is 2.99. The summed E-state index contributed by atoms with van der Waals surface area (Å²) in [7, 11) is -0.673. The third-order valence-corrected chi connectivity index (χ3v) is 5.51. The summed E-state index contributed by atoms with van der Waals surface area (Å²) in [6, 6.07) is 4.56. The minimum absolute atomic E-state index is 0.128. The van der Waals surface area contributed by atoms with Crippen LogP contribution >= 0.6 is 0 Å². The molecule has 0 unspecified atom stereocenters. The highest BCUT2D eigenvalue weighted by Gasteiger charge is 2.51. The molecule has 1 aromatic carbocycles. The number of benzene rings is 1. The van der Waals surface area contributed by atoms with E-state index in [9.17, 15) is 9.18 Å².